The van der Waals surface area contributed by atoms with Gasteiger partial charge in [0.15, 0.2) is 9.84 Å². The van der Waals surface area contributed by atoms with Crippen LogP contribution in [-0.4, -0.2) is 50.9 Å². The summed E-state index contributed by atoms with van der Waals surface area (Å²) in [7, 11) is -1.60. The van der Waals surface area contributed by atoms with Crippen LogP contribution in [0.3, 0.4) is 0 Å². The topological polar surface area (TPSA) is 89.7 Å². The molecule has 1 fully saturated rings. The van der Waals surface area contributed by atoms with Gasteiger partial charge in [0.1, 0.15) is 5.75 Å². The standard InChI is InChI=1S/C12H15ClN2O4S.ClH/c1-19-11-7-10(14)9(13)6-8(11)12(16)15-2-4-20(17,18)5-3-15;/h6-7H,2-5,14H2,1H3;1H. The zero-order chi connectivity index (χ0) is 14.9. The number of carbonyl (C=O) groups is 1. The number of benzene rings is 1. The molecule has 6 nitrogen and oxygen atoms in total. The molecule has 0 aromatic heterocycles. The van der Waals surface area contributed by atoms with Gasteiger partial charge >= 0.3 is 0 Å². The SMILES string of the molecule is COc1cc(N)c(Cl)cc1C(=O)N1CCS(=O)(=O)CC1.Cl. The summed E-state index contributed by atoms with van der Waals surface area (Å²) < 4.78 is 27.9. The summed E-state index contributed by atoms with van der Waals surface area (Å²) in [6.07, 6.45) is 0. The number of nitrogens with zero attached hydrogens (tertiary/aromatic N) is 1. The second kappa shape index (κ2) is 6.72. The minimum atomic E-state index is -3.03. The van der Waals surface area contributed by atoms with Gasteiger partial charge in [0, 0.05) is 19.2 Å². The van der Waals surface area contributed by atoms with E-state index in [-0.39, 0.29) is 53.5 Å². The lowest BCUT2D eigenvalue weighted by Crippen LogP contribution is -2.43. The molecule has 1 aliphatic heterocycles. The lowest BCUT2D eigenvalue weighted by Gasteiger charge is -2.27. The molecule has 0 spiro atoms. The second-order valence-electron chi connectivity index (χ2n) is 4.52. The molecular weight excluding hydrogens is 339 g/mol. The van der Waals surface area contributed by atoms with Gasteiger partial charge < -0.3 is 15.4 Å². The Morgan fingerprint density at radius 1 is 1.33 bits per heavy atom. The van der Waals surface area contributed by atoms with E-state index in [0.29, 0.717) is 11.4 Å². The lowest BCUT2D eigenvalue weighted by atomic mass is 10.1. The van der Waals surface area contributed by atoms with E-state index in [9.17, 15) is 13.2 Å². The highest BCUT2D eigenvalue weighted by Gasteiger charge is 2.27. The number of anilines is 1. The molecule has 2 rings (SSSR count). The third-order valence-corrected chi connectivity index (χ3v) is 5.12. The van der Waals surface area contributed by atoms with E-state index < -0.39 is 9.84 Å². The Bertz CT molecular complexity index is 635. The Morgan fingerprint density at radius 2 is 1.90 bits per heavy atom. The number of nitrogen functional groups attached to an aromatic ring is 1. The first-order valence-corrected chi connectivity index (χ1v) is 8.16. The van der Waals surface area contributed by atoms with Gasteiger partial charge in [-0.2, -0.15) is 0 Å². The molecule has 0 aliphatic carbocycles. The molecule has 0 bridgehead atoms. The minimum Gasteiger partial charge on any atom is -0.496 e. The molecule has 1 aliphatic rings. The highest BCUT2D eigenvalue weighted by Crippen LogP contribution is 2.30. The Hall–Kier alpha value is -1.18. The van der Waals surface area contributed by atoms with Crippen molar-refractivity contribution in [1.29, 1.82) is 0 Å². The van der Waals surface area contributed by atoms with Gasteiger partial charge in [-0.15, -0.1) is 12.4 Å². The molecular formula is C12H16Cl2N2O4S. The van der Waals surface area contributed by atoms with Gasteiger partial charge in [-0.05, 0) is 6.07 Å². The van der Waals surface area contributed by atoms with E-state index >= 15 is 0 Å². The number of amides is 1. The number of methoxy groups -OCH3 is 1. The first-order chi connectivity index (χ1) is 9.34. The van der Waals surface area contributed by atoms with Gasteiger partial charge in [0.05, 0.1) is 34.9 Å². The molecule has 0 radical (unpaired) electrons. The molecule has 1 aromatic rings. The highest BCUT2D eigenvalue weighted by atomic mass is 35.5. The molecule has 1 heterocycles. The summed E-state index contributed by atoms with van der Waals surface area (Å²) in [5.74, 6) is -0.0305. The predicted octanol–water partition coefficient (Wildman–Crippen LogP) is 1.22. The Morgan fingerprint density at radius 3 is 2.43 bits per heavy atom. The van der Waals surface area contributed by atoms with Crippen LogP contribution in [0.1, 0.15) is 10.4 Å². The number of hydrogen-bond acceptors (Lipinski definition) is 5. The maximum Gasteiger partial charge on any atom is 0.257 e. The van der Waals surface area contributed by atoms with Gasteiger partial charge in [-0.25, -0.2) is 8.42 Å². The van der Waals surface area contributed by atoms with Crippen molar-refractivity contribution in [3.63, 3.8) is 0 Å². The number of ether oxygens (including phenoxy) is 1. The fourth-order valence-electron chi connectivity index (χ4n) is 1.99. The molecule has 0 saturated carbocycles. The number of hydrogen-bond donors (Lipinski definition) is 1. The summed E-state index contributed by atoms with van der Waals surface area (Å²) in [5.41, 5.74) is 6.27. The fourth-order valence-corrected chi connectivity index (χ4v) is 3.36. The van der Waals surface area contributed by atoms with Gasteiger partial charge in [0.25, 0.3) is 5.91 Å². The average molecular weight is 355 g/mol. The summed E-state index contributed by atoms with van der Waals surface area (Å²) in [6, 6.07) is 2.93. The molecule has 1 saturated heterocycles. The van der Waals surface area contributed by atoms with Crippen molar-refractivity contribution < 1.29 is 17.9 Å². The van der Waals surface area contributed by atoms with E-state index in [2.05, 4.69) is 0 Å². The summed E-state index contributed by atoms with van der Waals surface area (Å²) in [5, 5.41) is 0.263. The number of carbonyl (C=O) groups excluding carboxylic acids is 1. The monoisotopic (exact) mass is 354 g/mol. The van der Waals surface area contributed by atoms with Crippen molar-refractivity contribution in [1.82, 2.24) is 4.90 Å². The van der Waals surface area contributed by atoms with Crippen molar-refractivity contribution in [2.24, 2.45) is 0 Å². The van der Waals surface area contributed by atoms with Crippen molar-refractivity contribution in [3.8, 4) is 5.75 Å². The summed E-state index contributed by atoms with van der Waals surface area (Å²) in [6.45, 7) is 0.346. The van der Waals surface area contributed by atoms with E-state index in [1.807, 2.05) is 0 Å². The quantitative estimate of drug-likeness (QED) is 0.806. The van der Waals surface area contributed by atoms with Crippen LogP contribution in [0.2, 0.25) is 5.02 Å². The van der Waals surface area contributed by atoms with E-state index in [1.54, 1.807) is 0 Å². The minimum absolute atomic E-state index is 0. The number of nitrogens with two attached hydrogens (primary N) is 1. The van der Waals surface area contributed by atoms with Crippen LogP contribution in [0.5, 0.6) is 5.75 Å². The number of halogens is 2. The zero-order valence-corrected chi connectivity index (χ0v) is 13.7. The summed E-state index contributed by atoms with van der Waals surface area (Å²) in [4.78, 5) is 13.9. The third-order valence-electron chi connectivity index (χ3n) is 3.18. The molecule has 0 atom stereocenters. The fraction of sp³-hybridized carbons (Fsp3) is 0.417. The van der Waals surface area contributed by atoms with E-state index in [4.69, 9.17) is 22.1 Å². The molecule has 0 unspecified atom stereocenters. The van der Waals surface area contributed by atoms with Crippen molar-refractivity contribution in [2.45, 2.75) is 0 Å². The van der Waals surface area contributed by atoms with Crippen LogP contribution in [0, 0.1) is 0 Å². The molecule has 2 N–H and O–H groups in total. The van der Waals surface area contributed by atoms with Crippen LogP contribution in [0.4, 0.5) is 5.69 Å². The molecule has 21 heavy (non-hydrogen) atoms. The Balaban J connectivity index is 0.00000220. The predicted molar refractivity (Wildman–Crippen MR) is 84.2 cm³/mol. The normalized spacial score (nSPS) is 17.0. The molecule has 1 amide bonds. The lowest BCUT2D eigenvalue weighted by molar-refractivity contribution is 0.0767. The van der Waals surface area contributed by atoms with Crippen molar-refractivity contribution in [2.75, 3.05) is 37.4 Å². The average Bonchev–Trinajstić information content (AvgIpc) is 2.40. The summed E-state index contributed by atoms with van der Waals surface area (Å²) >= 11 is 5.92. The maximum atomic E-state index is 12.4. The number of sulfone groups is 1. The smallest absolute Gasteiger partial charge is 0.257 e. The molecule has 1 aromatic carbocycles. The van der Waals surface area contributed by atoms with E-state index in [0.717, 1.165) is 0 Å². The van der Waals surface area contributed by atoms with Gasteiger partial charge in [-0.3, -0.25) is 4.79 Å². The zero-order valence-electron chi connectivity index (χ0n) is 11.3. The van der Waals surface area contributed by atoms with Crippen LogP contribution >= 0.6 is 24.0 Å². The van der Waals surface area contributed by atoms with Crippen molar-refractivity contribution >= 4 is 45.4 Å². The first kappa shape index (κ1) is 17.9. The van der Waals surface area contributed by atoms with E-state index in [1.165, 1.54) is 24.1 Å². The number of rotatable bonds is 2. The molecule has 118 valence electrons. The van der Waals surface area contributed by atoms with Gasteiger partial charge in [0.2, 0.25) is 0 Å². The maximum absolute atomic E-state index is 12.4. The second-order valence-corrected chi connectivity index (χ2v) is 7.23. The Labute approximate surface area is 134 Å². The first-order valence-electron chi connectivity index (χ1n) is 5.97. The van der Waals surface area contributed by atoms with Crippen LogP contribution in [0.15, 0.2) is 12.1 Å². The third kappa shape index (κ3) is 3.93. The van der Waals surface area contributed by atoms with Crippen molar-refractivity contribution in [3.05, 3.63) is 22.7 Å². The Kier molecular flexibility index (Phi) is 5.72. The van der Waals surface area contributed by atoms with Gasteiger partial charge in [-0.1, -0.05) is 11.6 Å². The van der Waals surface area contributed by atoms with Crippen LogP contribution < -0.4 is 10.5 Å². The van der Waals surface area contributed by atoms with Crippen LogP contribution in [-0.2, 0) is 9.84 Å². The molecule has 9 heteroatoms. The largest absolute Gasteiger partial charge is 0.496 e. The highest BCUT2D eigenvalue weighted by molar-refractivity contribution is 7.91. The van der Waals surface area contributed by atoms with Crippen LogP contribution in [0.25, 0.3) is 0 Å².